The normalized spacial score (nSPS) is 10.1. The van der Waals surface area contributed by atoms with Crippen molar-refractivity contribution in [2.24, 2.45) is 0 Å². The monoisotopic (exact) mass is 229 g/mol. The highest BCUT2D eigenvalue weighted by atomic mass is 32.1. The van der Waals surface area contributed by atoms with Gasteiger partial charge in [0.2, 0.25) is 5.12 Å². The number of nitrogen functional groups attached to an aromatic ring is 1. The Morgan fingerprint density at radius 1 is 1.00 bits per heavy atom. The molecule has 0 radical (unpaired) electrons. The molecule has 2 nitrogen and oxygen atoms in total. The van der Waals surface area contributed by atoms with Gasteiger partial charge in [0, 0.05) is 11.3 Å². The second-order valence-electron chi connectivity index (χ2n) is 3.51. The topological polar surface area (TPSA) is 43.1 Å². The lowest BCUT2D eigenvalue weighted by atomic mass is 10.0. The molecule has 80 valence electrons. The fourth-order valence-electron chi connectivity index (χ4n) is 1.51. The van der Waals surface area contributed by atoms with E-state index < -0.39 is 0 Å². The summed E-state index contributed by atoms with van der Waals surface area (Å²) in [4.78, 5) is 11.1. The molecule has 2 rings (SSSR count). The van der Waals surface area contributed by atoms with E-state index in [0.29, 0.717) is 5.56 Å². The summed E-state index contributed by atoms with van der Waals surface area (Å²) in [5, 5.41) is -0.225. The number of hydrogen-bond acceptors (Lipinski definition) is 2. The minimum atomic E-state index is -0.225. The molecule has 0 spiro atoms. The number of anilines is 1. The molecule has 2 N–H and O–H groups in total. The van der Waals surface area contributed by atoms with Crippen molar-refractivity contribution in [1.29, 1.82) is 0 Å². The van der Waals surface area contributed by atoms with Crippen LogP contribution in [0.15, 0.2) is 48.5 Å². The molecule has 2 aromatic rings. The highest BCUT2D eigenvalue weighted by Crippen LogP contribution is 2.22. The predicted octanol–water partition coefficient (Wildman–Crippen LogP) is 3.01. The smallest absolute Gasteiger partial charge is 0.216 e. The van der Waals surface area contributed by atoms with Crippen LogP contribution in [0.5, 0.6) is 0 Å². The van der Waals surface area contributed by atoms with Gasteiger partial charge in [0.15, 0.2) is 0 Å². The van der Waals surface area contributed by atoms with Crippen molar-refractivity contribution in [2.45, 2.75) is 0 Å². The Morgan fingerprint density at radius 3 is 2.31 bits per heavy atom. The maximum absolute atomic E-state index is 11.1. The minimum Gasteiger partial charge on any atom is -0.399 e. The minimum absolute atomic E-state index is 0.225. The van der Waals surface area contributed by atoms with Crippen LogP contribution in [0, 0.1) is 0 Å². The van der Waals surface area contributed by atoms with Gasteiger partial charge in [-0.15, -0.1) is 12.6 Å². The Bertz CT molecular complexity index is 520. The van der Waals surface area contributed by atoms with E-state index >= 15 is 0 Å². The molecule has 0 heterocycles. The quantitative estimate of drug-likeness (QED) is 0.614. The van der Waals surface area contributed by atoms with Gasteiger partial charge in [-0.25, -0.2) is 0 Å². The summed E-state index contributed by atoms with van der Waals surface area (Å²) in [6.45, 7) is 0. The average Bonchev–Trinajstić information content (AvgIpc) is 2.30. The van der Waals surface area contributed by atoms with Crippen LogP contribution in [0.4, 0.5) is 5.69 Å². The van der Waals surface area contributed by atoms with Crippen LogP contribution in [-0.4, -0.2) is 5.12 Å². The van der Waals surface area contributed by atoms with E-state index in [-0.39, 0.29) is 5.12 Å². The summed E-state index contributed by atoms with van der Waals surface area (Å²) < 4.78 is 0. The van der Waals surface area contributed by atoms with Gasteiger partial charge in [-0.05, 0) is 29.3 Å². The molecule has 3 heteroatoms. The third-order valence-electron chi connectivity index (χ3n) is 2.35. The van der Waals surface area contributed by atoms with Gasteiger partial charge in [0.25, 0.3) is 0 Å². The molecule has 16 heavy (non-hydrogen) atoms. The van der Waals surface area contributed by atoms with E-state index in [9.17, 15) is 4.79 Å². The largest absolute Gasteiger partial charge is 0.399 e. The zero-order valence-corrected chi connectivity index (χ0v) is 9.45. The van der Waals surface area contributed by atoms with Crippen LogP contribution in [0.2, 0.25) is 0 Å². The number of rotatable bonds is 2. The predicted molar refractivity (Wildman–Crippen MR) is 69.6 cm³/mol. The lowest BCUT2D eigenvalue weighted by Gasteiger charge is -2.03. The number of carbonyl (C=O) groups excluding carboxylic acids is 1. The Morgan fingerprint density at radius 2 is 1.69 bits per heavy atom. The van der Waals surface area contributed by atoms with Crippen LogP contribution in [0.3, 0.4) is 0 Å². The third kappa shape index (κ3) is 2.25. The first-order valence-corrected chi connectivity index (χ1v) is 5.31. The average molecular weight is 229 g/mol. The SMILES string of the molecule is Nc1ccc(-c2cccc(C(=O)S)c2)cc1. The first-order valence-electron chi connectivity index (χ1n) is 4.86. The molecular weight excluding hydrogens is 218 g/mol. The lowest BCUT2D eigenvalue weighted by Crippen LogP contribution is -1.89. The number of thiol groups is 1. The number of benzene rings is 2. The number of nitrogens with two attached hydrogens (primary N) is 1. The summed E-state index contributed by atoms with van der Waals surface area (Å²) in [7, 11) is 0. The second kappa shape index (κ2) is 4.41. The lowest BCUT2D eigenvalue weighted by molar-refractivity contribution is 0.109. The van der Waals surface area contributed by atoms with E-state index in [1.807, 2.05) is 42.5 Å². The molecule has 0 unspecified atom stereocenters. The molecule has 0 saturated heterocycles. The first kappa shape index (κ1) is 10.8. The van der Waals surface area contributed by atoms with Crippen LogP contribution < -0.4 is 5.73 Å². The van der Waals surface area contributed by atoms with Crippen molar-refractivity contribution in [3.63, 3.8) is 0 Å². The van der Waals surface area contributed by atoms with E-state index in [2.05, 4.69) is 12.6 Å². The second-order valence-corrected chi connectivity index (χ2v) is 3.91. The summed E-state index contributed by atoms with van der Waals surface area (Å²) in [6, 6.07) is 14.9. The van der Waals surface area contributed by atoms with Crippen molar-refractivity contribution in [2.75, 3.05) is 5.73 Å². The molecule has 0 aliphatic rings. The van der Waals surface area contributed by atoms with Gasteiger partial charge in [-0.1, -0.05) is 30.3 Å². The molecule has 2 aromatic carbocycles. The van der Waals surface area contributed by atoms with Crippen LogP contribution in [-0.2, 0) is 0 Å². The highest BCUT2D eigenvalue weighted by molar-refractivity contribution is 7.97. The summed E-state index contributed by atoms with van der Waals surface area (Å²) in [5.74, 6) is 0. The molecule has 0 amide bonds. The number of hydrogen-bond donors (Lipinski definition) is 2. The van der Waals surface area contributed by atoms with Gasteiger partial charge >= 0.3 is 0 Å². The van der Waals surface area contributed by atoms with E-state index in [1.54, 1.807) is 6.07 Å². The van der Waals surface area contributed by atoms with Crippen molar-refractivity contribution in [1.82, 2.24) is 0 Å². The van der Waals surface area contributed by atoms with Crippen molar-refractivity contribution in [3.8, 4) is 11.1 Å². The molecule has 0 aromatic heterocycles. The fourth-order valence-corrected chi connectivity index (χ4v) is 1.65. The van der Waals surface area contributed by atoms with Gasteiger partial charge in [-0.2, -0.15) is 0 Å². The standard InChI is InChI=1S/C13H11NOS/c14-12-6-4-9(5-7-12)10-2-1-3-11(8-10)13(15)16/h1-8H,14H2,(H,15,16). The van der Waals surface area contributed by atoms with Gasteiger partial charge in [0.05, 0.1) is 0 Å². The summed E-state index contributed by atoms with van der Waals surface area (Å²) in [6.07, 6.45) is 0. The molecule has 0 aliphatic carbocycles. The van der Waals surface area contributed by atoms with Crippen molar-refractivity contribution >= 4 is 23.4 Å². The molecule has 0 fully saturated rings. The third-order valence-corrected chi connectivity index (χ3v) is 2.61. The van der Waals surface area contributed by atoms with E-state index in [4.69, 9.17) is 5.73 Å². The summed E-state index contributed by atoms with van der Waals surface area (Å²) in [5.41, 5.74) is 8.96. The highest BCUT2D eigenvalue weighted by Gasteiger charge is 2.02. The van der Waals surface area contributed by atoms with Crippen molar-refractivity contribution in [3.05, 3.63) is 54.1 Å². The maximum atomic E-state index is 11.1. The fraction of sp³-hybridized carbons (Fsp3) is 0. The van der Waals surface area contributed by atoms with Gasteiger partial charge in [0.1, 0.15) is 0 Å². The van der Waals surface area contributed by atoms with Crippen LogP contribution >= 0.6 is 12.6 Å². The zero-order valence-electron chi connectivity index (χ0n) is 8.55. The van der Waals surface area contributed by atoms with Crippen LogP contribution in [0.25, 0.3) is 11.1 Å². The Hall–Kier alpha value is -1.74. The summed E-state index contributed by atoms with van der Waals surface area (Å²) >= 11 is 3.80. The zero-order chi connectivity index (χ0) is 11.5. The Labute approximate surface area is 99.5 Å². The molecule has 0 bridgehead atoms. The van der Waals surface area contributed by atoms with Gasteiger partial charge < -0.3 is 5.73 Å². The van der Waals surface area contributed by atoms with Gasteiger partial charge in [-0.3, -0.25) is 4.79 Å². The molecular formula is C13H11NOS. The first-order chi connectivity index (χ1) is 7.66. The molecule has 0 aliphatic heterocycles. The molecule has 0 atom stereocenters. The Balaban J connectivity index is 2.44. The van der Waals surface area contributed by atoms with Crippen LogP contribution in [0.1, 0.15) is 10.4 Å². The Kier molecular flexibility index (Phi) is 2.97. The molecule has 0 saturated carbocycles. The maximum Gasteiger partial charge on any atom is 0.216 e. The number of carbonyl (C=O) groups is 1. The van der Waals surface area contributed by atoms with E-state index in [1.165, 1.54) is 0 Å². The van der Waals surface area contributed by atoms with Crippen molar-refractivity contribution < 1.29 is 4.79 Å². The van der Waals surface area contributed by atoms with E-state index in [0.717, 1.165) is 16.8 Å².